The van der Waals surface area contributed by atoms with Crippen molar-refractivity contribution < 1.29 is 15.3 Å². The van der Waals surface area contributed by atoms with Gasteiger partial charge in [-0.2, -0.15) is 0 Å². The average molecular weight is 392 g/mol. The Bertz CT molecular complexity index is 520. The van der Waals surface area contributed by atoms with Gasteiger partial charge in [0.05, 0.1) is 5.69 Å². The quantitative estimate of drug-likeness (QED) is 0.144. The van der Waals surface area contributed by atoms with E-state index in [2.05, 4.69) is 11.9 Å². The fraction of sp³-hybridized carbons (Fsp3) is 0.708. The summed E-state index contributed by atoms with van der Waals surface area (Å²) >= 11 is 0. The zero-order valence-electron chi connectivity index (χ0n) is 17.8. The highest BCUT2D eigenvalue weighted by molar-refractivity contribution is 5.66. The van der Waals surface area contributed by atoms with Crippen LogP contribution in [0.25, 0.3) is 0 Å². The van der Waals surface area contributed by atoms with E-state index < -0.39 is 5.75 Å². The molecule has 1 aromatic rings. The van der Waals surface area contributed by atoms with Crippen LogP contribution in [-0.2, 0) is 0 Å². The van der Waals surface area contributed by atoms with E-state index in [1.54, 1.807) is 0 Å². The molecule has 0 heterocycles. The minimum absolute atomic E-state index is 0.348. The van der Waals surface area contributed by atoms with E-state index in [0.717, 1.165) is 12.8 Å². The molecule has 0 atom stereocenters. The van der Waals surface area contributed by atoms with E-state index in [9.17, 15) is 15.3 Å². The molecule has 0 unspecified atom stereocenters. The molecule has 1 aromatic carbocycles. The van der Waals surface area contributed by atoms with Crippen molar-refractivity contribution in [3.8, 4) is 17.2 Å². The van der Waals surface area contributed by atoms with Crippen molar-refractivity contribution in [1.29, 1.82) is 0 Å². The van der Waals surface area contributed by atoms with Crippen molar-refractivity contribution in [2.45, 2.75) is 110 Å². The van der Waals surface area contributed by atoms with Crippen molar-refractivity contribution in [2.75, 3.05) is 0 Å². The highest BCUT2D eigenvalue weighted by atomic mass is 16.3. The number of aliphatic imine (C=N–C) groups is 1. The third-order valence-corrected chi connectivity index (χ3v) is 5.23. The van der Waals surface area contributed by atoms with Crippen LogP contribution in [0.2, 0.25) is 0 Å². The lowest BCUT2D eigenvalue weighted by Gasteiger charge is -2.03. The van der Waals surface area contributed by atoms with Gasteiger partial charge in [-0.05, 0) is 12.8 Å². The third-order valence-electron chi connectivity index (χ3n) is 5.23. The van der Waals surface area contributed by atoms with Crippen LogP contribution in [0.1, 0.15) is 110 Å². The summed E-state index contributed by atoms with van der Waals surface area (Å²) in [7, 11) is 0. The zero-order valence-corrected chi connectivity index (χ0v) is 17.8. The summed E-state index contributed by atoms with van der Waals surface area (Å²) in [6, 6.07) is 2.69. The molecule has 0 aliphatic heterocycles. The van der Waals surface area contributed by atoms with E-state index in [0.29, 0.717) is 5.69 Å². The maximum atomic E-state index is 9.44. The fourth-order valence-electron chi connectivity index (χ4n) is 3.44. The van der Waals surface area contributed by atoms with E-state index in [-0.39, 0.29) is 11.5 Å². The number of aromatic hydroxyl groups is 3. The second-order valence-electron chi connectivity index (χ2n) is 7.88. The molecular formula is C24H41NO3. The Morgan fingerprint density at radius 3 is 1.46 bits per heavy atom. The molecule has 0 amide bonds. The first-order chi connectivity index (χ1) is 13.6. The summed E-state index contributed by atoms with van der Waals surface area (Å²) in [6.07, 6.45) is 23.0. The van der Waals surface area contributed by atoms with Gasteiger partial charge in [0.1, 0.15) is 0 Å². The smallest absolute Gasteiger partial charge is 0.200 e. The molecule has 0 fully saturated rings. The highest BCUT2D eigenvalue weighted by Crippen LogP contribution is 2.38. The number of benzene rings is 1. The predicted molar refractivity (Wildman–Crippen MR) is 119 cm³/mol. The van der Waals surface area contributed by atoms with Crippen LogP contribution in [0.4, 0.5) is 5.69 Å². The highest BCUT2D eigenvalue weighted by Gasteiger charge is 2.06. The van der Waals surface area contributed by atoms with E-state index in [1.165, 1.54) is 102 Å². The third kappa shape index (κ3) is 11.9. The molecule has 4 heteroatoms. The lowest BCUT2D eigenvalue weighted by molar-refractivity contribution is 0.368. The molecule has 0 bridgehead atoms. The molecule has 28 heavy (non-hydrogen) atoms. The standard InChI is InChI=1S/C24H41NO3/c1-2-3-4-5-6-7-8-9-10-11-12-13-14-15-16-17-18-25-21-19-22(26)24(28)23(27)20-21/h18-20,26-28H,2-17H2,1H3. The Labute approximate surface area is 171 Å². The molecule has 160 valence electrons. The fourth-order valence-corrected chi connectivity index (χ4v) is 3.44. The molecule has 0 aliphatic carbocycles. The van der Waals surface area contributed by atoms with E-state index in [1.807, 2.05) is 6.21 Å². The molecule has 0 aliphatic rings. The van der Waals surface area contributed by atoms with Crippen LogP contribution in [0, 0.1) is 0 Å². The van der Waals surface area contributed by atoms with Gasteiger partial charge >= 0.3 is 0 Å². The van der Waals surface area contributed by atoms with Gasteiger partial charge in [0.15, 0.2) is 17.2 Å². The van der Waals surface area contributed by atoms with Gasteiger partial charge < -0.3 is 15.3 Å². The second kappa shape index (κ2) is 16.3. The maximum absolute atomic E-state index is 9.44. The molecule has 3 N–H and O–H groups in total. The predicted octanol–water partition coefficient (Wildman–Crippen LogP) is 7.77. The first kappa shape index (κ1) is 24.3. The zero-order chi connectivity index (χ0) is 20.5. The Morgan fingerprint density at radius 2 is 1.04 bits per heavy atom. The van der Waals surface area contributed by atoms with Crippen LogP contribution in [0.3, 0.4) is 0 Å². The topological polar surface area (TPSA) is 73.1 Å². The van der Waals surface area contributed by atoms with Crippen LogP contribution < -0.4 is 0 Å². The van der Waals surface area contributed by atoms with Crippen molar-refractivity contribution in [3.63, 3.8) is 0 Å². The molecule has 0 saturated carbocycles. The van der Waals surface area contributed by atoms with Crippen molar-refractivity contribution >= 4 is 11.9 Å². The first-order valence-electron chi connectivity index (χ1n) is 11.4. The van der Waals surface area contributed by atoms with Crippen LogP contribution in [0.15, 0.2) is 17.1 Å². The van der Waals surface area contributed by atoms with Crippen LogP contribution in [0.5, 0.6) is 17.2 Å². The van der Waals surface area contributed by atoms with Gasteiger partial charge in [-0.15, -0.1) is 0 Å². The van der Waals surface area contributed by atoms with Gasteiger partial charge in [-0.25, -0.2) is 0 Å². The number of phenolic OH excluding ortho intramolecular Hbond substituents is 3. The minimum atomic E-state index is -0.499. The Balaban J connectivity index is 1.88. The number of rotatable bonds is 17. The van der Waals surface area contributed by atoms with Gasteiger partial charge in [0, 0.05) is 18.3 Å². The number of unbranched alkanes of at least 4 members (excludes halogenated alkanes) is 15. The van der Waals surface area contributed by atoms with Crippen LogP contribution >= 0.6 is 0 Å². The van der Waals surface area contributed by atoms with Crippen molar-refractivity contribution in [2.24, 2.45) is 4.99 Å². The summed E-state index contributed by atoms with van der Waals surface area (Å²) in [5.41, 5.74) is 0.453. The van der Waals surface area contributed by atoms with Gasteiger partial charge in [-0.3, -0.25) is 4.99 Å². The van der Waals surface area contributed by atoms with Crippen molar-refractivity contribution in [3.05, 3.63) is 12.1 Å². The SMILES string of the molecule is CCCCCCCCCCCCCCCCCC=Nc1cc(O)c(O)c(O)c1. The minimum Gasteiger partial charge on any atom is -0.504 e. The normalized spacial score (nSPS) is 11.5. The van der Waals surface area contributed by atoms with Gasteiger partial charge in [0.2, 0.25) is 0 Å². The average Bonchev–Trinajstić information content (AvgIpc) is 2.68. The summed E-state index contributed by atoms with van der Waals surface area (Å²) in [5.74, 6) is -1.19. The van der Waals surface area contributed by atoms with Gasteiger partial charge in [0.25, 0.3) is 0 Å². The Kier molecular flexibility index (Phi) is 14.1. The van der Waals surface area contributed by atoms with E-state index in [4.69, 9.17) is 0 Å². The molecule has 1 rings (SSSR count). The van der Waals surface area contributed by atoms with Gasteiger partial charge in [-0.1, -0.05) is 96.8 Å². The number of phenols is 3. The number of nitrogens with zero attached hydrogens (tertiary/aromatic N) is 1. The number of hydrogen-bond acceptors (Lipinski definition) is 4. The van der Waals surface area contributed by atoms with E-state index >= 15 is 0 Å². The molecule has 0 aromatic heterocycles. The molecule has 4 nitrogen and oxygen atoms in total. The Hall–Kier alpha value is -1.71. The summed E-state index contributed by atoms with van der Waals surface area (Å²) in [5, 5.41) is 28.2. The lowest BCUT2D eigenvalue weighted by Crippen LogP contribution is -1.84. The first-order valence-corrected chi connectivity index (χ1v) is 11.4. The van der Waals surface area contributed by atoms with Crippen molar-refractivity contribution in [1.82, 2.24) is 0 Å². The molecule has 0 radical (unpaired) electrons. The largest absolute Gasteiger partial charge is 0.504 e. The second-order valence-corrected chi connectivity index (χ2v) is 7.88. The summed E-state index contributed by atoms with van der Waals surface area (Å²) < 4.78 is 0. The number of hydrogen-bond donors (Lipinski definition) is 3. The molecular weight excluding hydrogens is 350 g/mol. The summed E-state index contributed by atoms with van der Waals surface area (Å²) in [6.45, 7) is 2.27. The molecule has 0 spiro atoms. The van der Waals surface area contributed by atoms with Crippen LogP contribution in [-0.4, -0.2) is 21.5 Å². The molecule has 0 saturated heterocycles. The monoisotopic (exact) mass is 391 g/mol. The Morgan fingerprint density at radius 1 is 0.643 bits per heavy atom. The summed E-state index contributed by atoms with van der Waals surface area (Å²) in [4.78, 5) is 4.22. The maximum Gasteiger partial charge on any atom is 0.200 e. The lowest BCUT2D eigenvalue weighted by atomic mass is 10.0.